The molecule has 0 amide bonds. The molecule has 1 nitrogen and oxygen atoms in total. The van der Waals surface area contributed by atoms with E-state index in [1.54, 1.807) is 0 Å². The van der Waals surface area contributed by atoms with Gasteiger partial charge in [-0.25, -0.2) is 0 Å². The van der Waals surface area contributed by atoms with Crippen molar-refractivity contribution in [2.45, 2.75) is 19.4 Å². The van der Waals surface area contributed by atoms with Gasteiger partial charge in [0.1, 0.15) is 0 Å². The lowest BCUT2D eigenvalue weighted by Gasteiger charge is -2.09. The van der Waals surface area contributed by atoms with Gasteiger partial charge in [0.15, 0.2) is 0 Å². The average Bonchev–Trinajstić information content (AvgIpc) is 2.40. The lowest BCUT2D eigenvalue weighted by atomic mass is 10.0. The molecule has 1 atom stereocenters. The van der Waals surface area contributed by atoms with Crippen molar-refractivity contribution < 1.29 is 0 Å². The fourth-order valence-corrected chi connectivity index (χ4v) is 2.01. The van der Waals surface area contributed by atoms with E-state index in [-0.39, 0.29) is 6.04 Å². The van der Waals surface area contributed by atoms with Gasteiger partial charge >= 0.3 is 0 Å². The van der Waals surface area contributed by atoms with Gasteiger partial charge in [0.25, 0.3) is 0 Å². The molecule has 0 aliphatic carbocycles. The number of allylic oxidation sites excluding steroid dienone is 1. The Labute approximate surface area is 109 Å². The normalized spacial score (nSPS) is 12.8. The van der Waals surface area contributed by atoms with Crippen molar-refractivity contribution in [1.29, 1.82) is 0 Å². The maximum absolute atomic E-state index is 5.96. The Kier molecular flexibility index (Phi) is 4.32. The monoisotopic (exact) mass is 237 g/mol. The molecule has 0 aromatic heterocycles. The summed E-state index contributed by atoms with van der Waals surface area (Å²) in [5, 5.41) is 0. The summed E-state index contributed by atoms with van der Waals surface area (Å²) in [5.41, 5.74) is 9.70. The molecule has 18 heavy (non-hydrogen) atoms. The number of nitrogens with two attached hydrogens (primary N) is 1. The van der Waals surface area contributed by atoms with E-state index in [9.17, 15) is 0 Å². The molecule has 0 bridgehead atoms. The van der Waals surface area contributed by atoms with Gasteiger partial charge in [-0.15, -0.1) is 0 Å². The molecule has 0 aliphatic rings. The second-order valence-electron chi connectivity index (χ2n) is 4.51. The van der Waals surface area contributed by atoms with E-state index >= 15 is 0 Å². The highest BCUT2D eigenvalue weighted by Crippen LogP contribution is 2.17. The van der Waals surface area contributed by atoms with E-state index in [0.29, 0.717) is 0 Å². The van der Waals surface area contributed by atoms with E-state index in [1.165, 1.54) is 16.7 Å². The highest BCUT2D eigenvalue weighted by Gasteiger charge is 2.02. The molecule has 0 aliphatic heterocycles. The zero-order chi connectivity index (χ0) is 12.8. The summed E-state index contributed by atoms with van der Waals surface area (Å²) in [6.07, 6.45) is 5.30. The van der Waals surface area contributed by atoms with Crippen molar-refractivity contribution in [2.24, 2.45) is 5.73 Å². The predicted molar refractivity (Wildman–Crippen MR) is 78.2 cm³/mol. The van der Waals surface area contributed by atoms with E-state index in [1.807, 2.05) is 25.1 Å². The third-order valence-electron chi connectivity index (χ3n) is 2.98. The summed E-state index contributed by atoms with van der Waals surface area (Å²) in [6.45, 7) is 2.02. The van der Waals surface area contributed by atoms with Crippen molar-refractivity contribution in [3.63, 3.8) is 0 Å². The molecule has 92 valence electrons. The van der Waals surface area contributed by atoms with Gasteiger partial charge in [0.2, 0.25) is 0 Å². The van der Waals surface area contributed by atoms with Crippen LogP contribution in [0.5, 0.6) is 0 Å². The lowest BCUT2D eigenvalue weighted by Crippen LogP contribution is -2.06. The Morgan fingerprint density at radius 2 is 1.67 bits per heavy atom. The van der Waals surface area contributed by atoms with E-state index in [2.05, 4.69) is 48.6 Å². The smallest absolute Gasteiger partial charge is 0.0272 e. The van der Waals surface area contributed by atoms with Crippen molar-refractivity contribution in [3.05, 3.63) is 77.4 Å². The SMILES string of the molecule is C[C@H](N)c1ccccc1/C=C/Cc1ccccc1. The van der Waals surface area contributed by atoms with Crippen LogP contribution in [-0.4, -0.2) is 0 Å². The summed E-state index contributed by atoms with van der Waals surface area (Å²) in [4.78, 5) is 0. The van der Waals surface area contributed by atoms with E-state index in [4.69, 9.17) is 5.73 Å². The molecule has 2 aromatic carbocycles. The first kappa shape index (κ1) is 12.6. The fourth-order valence-electron chi connectivity index (χ4n) is 2.01. The highest BCUT2D eigenvalue weighted by molar-refractivity contribution is 5.54. The Balaban J connectivity index is 2.10. The third kappa shape index (κ3) is 3.31. The number of rotatable bonds is 4. The van der Waals surface area contributed by atoms with Crippen molar-refractivity contribution in [1.82, 2.24) is 0 Å². The Morgan fingerprint density at radius 3 is 2.39 bits per heavy atom. The second kappa shape index (κ2) is 6.18. The maximum Gasteiger partial charge on any atom is 0.0272 e. The minimum absolute atomic E-state index is 0.0718. The quantitative estimate of drug-likeness (QED) is 0.855. The van der Waals surface area contributed by atoms with Crippen LogP contribution < -0.4 is 5.73 Å². The largest absolute Gasteiger partial charge is 0.324 e. The zero-order valence-electron chi connectivity index (χ0n) is 10.7. The van der Waals surface area contributed by atoms with Crippen LogP contribution in [0.15, 0.2) is 60.7 Å². The molecule has 0 radical (unpaired) electrons. The maximum atomic E-state index is 5.96. The van der Waals surface area contributed by atoms with Gasteiger partial charge < -0.3 is 5.73 Å². The first-order valence-corrected chi connectivity index (χ1v) is 6.32. The topological polar surface area (TPSA) is 26.0 Å². The molecular formula is C17H19N. The van der Waals surface area contributed by atoms with Crippen molar-refractivity contribution in [3.8, 4) is 0 Å². The lowest BCUT2D eigenvalue weighted by molar-refractivity contribution is 0.816. The second-order valence-corrected chi connectivity index (χ2v) is 4.51. The minimum Gasteiger partial charge on any atom is -0.324 e. The summed E-state index contributed by atoms with van der Waals surface area (Å²) in [5.74, 6) is 0. The van der Waals surface area contributed by atoms with Crippen LogP contribution in [0.3, 0.4) is 0 Å². The van der Waals surface area contributed by atoms with Gasteiger partial charge in [-0.3, -0.25) is 0 Å². The molecule has 0 heterocycles. The number of hydrogen-bond donors (Lipinski definition) is 1. The Morgan fingerprint density at radius 1 is 1.00 bits per heavy atom. The number of benzene rings is 2. The molecule has 2 rings (SSSR count). The van der Waals surface area contributed by atoms with Gasteiger partial charge in [-0.1, -0.05) is 66.7 Å². The predicted octanol–water partition coefficient (Wildman–Crippen LogP) is 3.96. The first-order valence-electron chi connectivity index (χ1n) is 6.32. The Hall–Kier alpha value is -1.86. The number of hydrogen-bond acceptors (Lipinski definition) is 1. The van der Waals surface area contributed by atoms with Crippen LogP contribution in [0, 0.1) is 0 Å². The molecule has 2 aromatic rings. The van der Waals surface area contributed by atoms with Crippen LogP contribution in [0.25, 0.3) is 6.08 Å². The molecule has 0 unspecified atom stereocenters. The molecule has 1 heteroatoms. The van der Waals surface area contributed by atoms with Crippen LogP contribution in [-0.2, 0) is 6.42 Å². The molecule has 0 saturated heterocycles. The fraction of sp³-hybridized carbons (Fsp3) is 0.176. The van der Waals surface area contributed by atoms with Crippen molar-refractivity contribution in [2.75, 3.05) is 0 Å². The molecule has 0 spiro atoms. The first-order chi connectivity index (χ1) is 8.77. The van der Waals surface area contributed by atoms with Crippen molar-refractivity contribution >= 4 is 6.08 Å². The van der Waals surface area contributed by atoms with Gasteiger partial charge in [-0.2, -0.15) is 0 Å². The third-order valence-corrected chi connectivity index (χ3v) is 2.98. The van der Waals surface area contributed by atoms with E-state index < -0.39 is 0 Å². The van der Waals surface area contributed by atoms with Crippen LogP contribution in [0.1, 0.15) is 29.7 Å². The molecule has 2 N–H and O–H groups in total. The minimum atomic E-state index is 0.0718. The van der Waals surface area contributed by atoms with Gasteiger partial charge in [0, 0.05) is 6.04 Å². The summed E-state index contributed by atoms with van der Waals surface area (Å²) in [6, 6.07) is 18.8. The Bertz CT molecular complexity index is 512. The van der Waals surface area contributed by atoms with Crippen LogP contribution >= 0.6 is 0 Å². The zero-order valence-corrected chi connectivity index (χ0v) is 10.7. The summed E-state index contributed by atoms with van der Waals surface area (Å²) in [7, 11) is 0. The van der Waals surface area contributed by atoms with Gasteiger partial charge in [0.05, 0.1) is 0 Å². The highest BCUT2D eigenvalue weighted by atomic mass is 14.6. The molecule has 0 fully saturated rings. The van der Waals surface area contributed by atoms with Gasteiger partial charge in [-0.05, 0) is 30.0 Å². The molecular weight excluding hydrogens is 218 g/mol. The summed E-state index contributed by atoms with van der Waals surface area (Å²) >= 11 is 0. The standard InChI is InChI=1S/C17H19N/c1-14(18)17-13-6-5-11-16(17)12-7-10-15-8-3-2-4-9-15/h2-9,11-14H,10,18H2,1H3/b12-7+/t14-/m0/s1. The van der Waals surface area contributed by atoms with Crippen LogP contribution in [0.2, 0.25) is 0 Å². The summed E-state index contributed by atoms with van der Waals surface area (Å²) < 4.78 is 0. The van der Waals surface area contributed by atoms with E-state index in [0.717, 1.165) is 6.42 Å². The van der Waals surface area contributed by atoms with Crippen LogP contribution in [0.4, 0.5) is 0 Å². The average molecular weight is 237 g/mol. The molecule has 0 saturated carbocycles.